The van der Waals surface area contributed by atoms with Gasteiger partial charge in [0.2, 0.25) is 0 Å². The van der Waals surface area contributed by atoms with Crippen LogP contribution in [0.15, 0.2) is 12.7 Å². The zero-order chi connectivity index (χ0) is 9.98. The molecule has 0 saturated heterocycles. The van der Waals surface area contributed by atoms with E-state index in [0.29, 0.717) is 6.54 Å². The van der Waals surface area contributed by atoms with Crippen molar-refractivity contribution in [3.05, 3.63) is 12.7 Å². The van der Waals surface area contributed by atoms with Crippen molar-refractivity contribution in [1.29, 1.82) is 0 Å². The average Bonchev–Trinajstić information content (AvgIpc) is 1.99. The fourth-order valence-electron chi connectivity index (χ4n) is 0.218. The highest BCUT2D eigenvalue weighted by atomic mass is 16.5. The molecule has 0 aromatic rings. The maximum absolute atomic E-state index is 10.2. The van der Waals surface area contributed by atoms with E-state index in [9.17, 15) is 4.79 Å². The van der Waals surface area contributed by atoms with E-state index in [4.69, 9.17) is 5.73 Å². The van der Waals surface area contributed by atoms with Gasteiger partial charge in [0, 0.05) is 12.6 Å². The van der Waals surface area contributed by atoms with Gasteiger partial charge in [0.15, 0.2) is 0 Å². The Morgan fingerprint density at radius 1 is 1.58 bits per heavy atom. The quantitative estimate of drug-likeness (QED) is 0.477. The molecule has 0 rings (SSSR count). The summed E-state index contributed by atoms with van der Waals surface area (Å²) < 4.78 is 4.46. The lowest BCUT2D eigenvalue weighted by Gasteiger charge is -1.94. The molecule has 0 aliphatic rings. The molecule has 2 N–H and O–H groups in total. The molecule has 0 amide bonds. The van der Waals surface area contributed by atoms with Crippen LogP contribution in [0.1, 0.15) is 0 Å². The van der Waals surface area contributed by atoms with E-state index in [1.54, 1.807) is 0 Å². The Bertz CT molecular complexity index is 121. The van der Waals surface area contributed by atoms with Gasteiger partial charge in [-0.25, -0.2) is 4.79 Å². The molecule has 0 fully saturated rings. The molecule has 0 aliphatic carbocycles. The smallest absolute Gasteiger partial charge is 0.330 e. The Balaban J connectivity index is 0. The summed E-state index contributed by atoms with van der Waals surface area (Å²) >= 11 is 0. The van der Waals surface area contributed by atoms with Crippen LogP contribution in [-0.2, 0) is 9.53 Å². The van der Waals surface area contributed by atoms with E-state index in [-0.39, 0.29) is 6.61 Å². The van der Waals surface area contributed by atoms with E-state index in [1.165, 1.54) is 0 Å². The third kappa shape index (κ3) is 22.9. The summed E-state index contributed by atoms with van der Waals surface area (Å²) in [5.41, 5.74) is 5.02. The maximum Gasteiger partial charge on any atom is 0.330 e. The zero-order valence-electron chi connectivity index (χ0n) is 8.04. The Labute approximate surface area is 74.0 Å². The van der Waals surface area contributed by atoms with Crippen LogP contribution < -0.4 is 5.73 Å². The number of ether oxygens (including phenoxy) is 1. The molecule has 0 unspecified atom stereocenters. The summed E-state index contributed by atoms with van der Waals surface area (Å²) in [6.45, 7) is 3.83. The van der Waals surface area contributed by atoms with Gasteiger partial charge in [0.05, 0.1) is 0 Å². The lowest BCUT2D eigenvalue weighted by Crippen LogP contribution is -2.11. The highest BCUT2D eigenvalue weighted by Crippen LogP contribution is 1.74. The number of carbonyl (C=O) groups excluding carboxylic acids is 1. The third-order valence-electron chi connectivity index (χ3n) is 0.529. The first kappa shape index (κ1) is 13.7. The predicted molar refractivity (Wildman–Crippen MR) is 49.8 cm³/mol. The summed E-state index contributed by atoms with van der Waals surface area (Å²) in [4.78, 5) is 12.2. The van der Waals surface area contributed by atoms with Gasteiger partial charge in [-0.05, 0) is 21.1 Å². The summed E-state index contributed by atoms with van der Waals surface area (Å²) in [6, 6.07) is 0. The molecule has 72 valence electrons. The minimum absolute atomic E-state index is 0.269. The molecule has 0 saturated carbocycles. The lowest BCUT2D eigenvalue weighted by molar-refractivity contribution is -0.137. The monoisotopic (exact) mass is 174 g/mol. The van der Waals surface area contributed by atoms with Crippen LogP contribution in [0.5, 0.6) is 0 Å². The molecule has 0 aromatic carbocycles. The van der Waals surface area contributed by atoms with Gasteiger partial charge in [-0.2, -0.15) is 0 Å². The van der Waals surface area contributed by atoms with Crippen LogP contribution in [0, 0.1) is 0 Å². The standard InChI is InChI=1S/C5H9NO2.C3H9N/c1-2-5(7)8-4-3-6;1-4(2)3/h2H,1,3-4,6H2;1-3H3. The second kappa shape index (κ2) is 10.1. The van der Waals surface area contributed by atoms with E-state index in [1.807, 2.05) is 26.0 Å². The Morgan fingerprint density at radius 2 is 2.00 bits per heavy atom. The second-order valence-electron chi connectivity index (χ2n) is 2.50. The molecular formula is C8H18N2O2. The van der Waals surface area contributed by atoms with Gasteiger partial charge in [-0.1, -0.05) is 6.58 Å². The van der Waals surface area contributed by atoms with Gasteiger partial charge >= 0.3 is 5.97 Å². The number of rotatable bonds is 3. The molecule has 0 aliphatic heterocycles. The minimum atomic E-state index is -0.421. The first-order chi connectivity index (χ1) is 5.54. The molecule has 0 aromatic heterocycles. The van der Waals surface area contributed by atoms with Crippen LogP contribution in [0.4, 0.5) is 0 Å². The second-order valence-corrected chi connectivity index (χ2v) is 2.50. The minimum Gasteiger partial charge on any atom is -0.461 e. The van der Waals surface area contributed by atoms with E-state index in [0.717, 1.165) is 6.08 Å². The molecule has 0 radical (unpaired) electrons. The highest BCUT2D eigenvalue weighted by molar-refractivity contribution is 5.81. The molecule has 0 spiro atoms. The molecule has 0 bridgehead atoms. The molecule has 0 heterocycles. The molecule has 0 atom stereocenters. The Hall–Kier alpha value is -0.870. The maximum atomic E-state index is 10.2. The van der Waals surface area contributed by atoms with Gasteiger partial charge in [-0.3, -0.25) is 0 Å². The summed E-state index contributed by atoms with van der Waals surface area (Å²) in [5, 5.41) is 0. The van der Waals surface area contributed by atoms with Gasteiger partial charge in [0.25, 0.3) is 0 Å². The van der Waals surface area contributed by atoms with Gasteiger partial charge < -0.3 is 15.4 Å². The highest BCUT2D eigenvalue weighted by Gasteiger charge is 1.89. The SMILES string of the molecule is C=CC(=O)OCCN.CN(C)C. The van der Waals surface area contributed by atoms with Crippen molar-refractivity contribution in [2.75, 3.05) is 34.3 Å². The van der Waals surface area contributed by atoms with E-state index < -0.39 is 5.97 Å². The topological polar surface area (TPSA) is 55.6 Å². The average molecular weight is 174 g/mol. The van der Waals surface area contributed by atoms with Crippen LogP contribution in [0.2, 0.25) is 0 Å². The molecule has 4 nitrogen and oxygen atoms in total. The van der Waals surface area contributed by atoms with Gasteiger partial charge in [-0.15, -0.1) is 0 Å². The van der Waals surface area contributed by atoms with Crippen molar-refractivity contribution in [2.45, 2.75) is 0 Å². The first-order valence-electron chi connectivity index (χ1n) is 3.64. The van der Waals surface area contributed by atoms with Crippen LogP contribution >= 0.6 is 0 Å². The third-order valence-corrected chi connectivity index (χ3v) is 0.529. The summed E-state index contributed by atoms with van der Waals surface area (Å²) in [7, 11) is 6.00. The van der Waals surface area contributed by atoms with Crippen LogP contribution in [0.3, 0.4) is 0 Å². The number of carbonyl (C=O) groups is 1. The van der Waals surface area contributed by atoms with Crippen molar-refractivity contribution in [1.82, 2.24) is 4.90 Å². The number of nitrogens with zero attached hydrogens (tertiary/aromatic N) is 1. The number of hydrogen-bond acceptors (Lipinski definition) is 4. The normalized spacial score (nSPS) is 8.42. The largest absolute Gasteiger partial charge is 0.461 e. The summed E-state index contributed by atoms with van der Waals surface area (Å²) in [6.07, 6.45) is 1.11. The van der Waals surface area contributed by atoms with Crippen molar-refractivity contribution < 1.29 is 9.53 Å². The number of hydrogen-bond donors (Lipinski definition) is 1. The fourth-order valence-corrected chi connectivity index (χ4v) is 0.218. The molecule has 12 heavy (non-hydrogen) atoms. The van der Waals surface area contributed by atoms with E-state index in [2.05, 4.69) is 11.3 Å². The number of esters is 1. The predicted octanol–water partition coefficient (Wildman–Crippen LogP) is -0.148. The van der Waals surface area contributed by atoms with Gasteiger partial charge in [0.1, 0.15) is 6.61 Å². The van der Waals surface area contributed by atoms with Crippen molar-refractivity contribution in [2.24, 2.45) is 5.73 Å². The van der Waals surface area contributed by atoms with Crippen LogP contribution in [-0.4, -0.2) is 45.2 Å². The zero-order valence-corrected chi connectivity index (χ0v) is 8.04. The first-order valence-corrected chi connectivity index (χ1v) is 3.64. The summed E-state index contributed by atoms with van der Waals surface area (Å²) in [5.74, 6) is -0.421. The van der Waals surface area contributed by atoms with Crippen molar-refractivity contribution in [3.8, 4) is 0 Å². The van der Waals surface area contributed by atoms with Crippen LogP contribution in [0.25, 0.3) is 0 Å². The Kier molecular flexibility index (Phi) is 11.6. The molecular weight excluding hydrogens is 156 g/mol. The fraction of sp³-hybridized carbons (Fsp3) is 0.625. The van der Waals surface area contributed by atoms with Crippen molar-refractivity contribution in [3.63, 3.8) is 0 Å². The van der Waals surface area contributed by atoms with E-state index >= 15 is 0 Å². The number of nitrogens with two attached hydrogens (primary N) is 1. The molecule has 4 heteroatoms. The Morgan fingerprint density at radius 3 is 2.25 bits per heavy atom. The lowest BCUT2D eigenvalue weighted by atomic mass is 10.6. The van der Waals surface area contributed by atoms with Crippen molar-refractivity contribution >= 4 is 5.97 Å².